The molecule has 0 radical (unpaired) electrons. The molecule has 0 spiro atoms. The Balaban J connectivity index is 4.15. The van der Waals surface area contributed by atoms with Crippen LogP contribution in [-0.4, -0.2) is 25.8 Å². The van der Waals surface area contributed by atoms with Crippen molar-refractivity contribution in [3.8, 4) is 0 Å². The summed E-state index contributed by atoms with van der Waals surface area (Å²) in [5.41, 5.74) is 0. The molecular formula is C16H36N2O2S. The molecule has 5 heteroatoms. The summed E-state index contributed by atoms with van der Waals surface area (Å²) < 4.78 is 24.5. The molecule has 0 saturated heterocycles. The number of hydrogen-bond donors (Lipinski definition) is 1. The number of nitrogens with two attached hydrogens (primary N) is 1. The van der Waals surface area contributed by atoms with Gasteiger partial charge in [0, 0.05) is 13.1 Å². The molecule has 128 valence electrons. The zero-order valence-corrected chi connectivity index (χ0v) is 15.1. The van der Waals surface area contributed by atoms with E-state index < -0.39 is 10.2 Å². The maximum atomic E-state index is 11.5. The van der Waals surface area contributed by atoms with Crippen LogP contribution < -0.4 is 5.14 Å². The van der Waals surface area contributed by atoms with Crippen molar-refractivity contribution in [2.75, 3.05) is 7.05 Å². The number of nitrogens with zero attached hydrogens (tertiary/aromatic N) is 1. The van der Waals surface area contributed by atoms with Gasteiger partial charge in [-0.15, -0.1) is 0 Å². The first-order valence-electron chi connectivity index (χ1n) is 8.69. The molecule has 0 unspecified atom stereocenters. The molecule has 0 bridgehead atoms. The molecule has 0 aromatic heterocycles. The van der Waals surface area contributed by atoms with E-state index in [1.54, 1.807) is 7.05 Å². The third kappa shape index (κ3) is 11.1. The molecule has 0 aromatic carbocycles. The molecule has 0 atom stereocenters. The van der Waals surface area contributed by atoms with Gasteiger partial charge in [0.15, 0.2) is 0 Å². The van der Waals surface area contributed by atoms with Crippen LogP contribution in [0.4, 0.5) is 0 Å². The zero-order chi connectivity index (χ0) is 16.1. The highest BCUT2D eigenvalue weighted by Gasteiger charge is 2.22. The van der Waals surface area contributed by atoms with Crippen molar-refractivity contribution in [3.63, 3.8) is 0 Å². The normalized spacial score (nSPS) is 12.5. The van der Waals surface area contributed by atoms with Crippen molar-refractivity contribution in [2.24, 2.45) is 5.14 Å². The Morgan fingerprint density at radius 1 is 0.810 bits per heavy atom. The van der Waals surface area contributed by atoms with Crippen molar-refractivity contribution >= 4 is 10.2 Å². The molecular weight excluding hydrogens is 284 g/mol. The zero-order valence-electron chi connectivity index (χ0n) is 14.3. The molecule has 0 fully saturated rings. The molecule has 0 aliphatic carbocycles. The van der Waals surface area contributed by atoms with Gasteiger partial charge in [-0.2, -0.15) is 12.7 Å². The topological polar surface area (TPSA) is 63.4 Å². The fourth-order valence-electron chi connectivity index (χ4n) is 2.68. The van der Waals surface area contributed by atoms with E-state index in [0.717, 1.165) is 25.7 Å². The molecule has 0 rings (SSSR count). The van der Waals surface area contributed by atoms with Gasteiger partial charge in [-0.1, -0.05) is 78.1 Å². The Kier molecular flexibility index (Phi) is 12.3. The van der Waals surface area contributed by atoms with Gasteiger partial charge in [0.05, 0.1) is 0 Å². The maximum absolute atomic E-state index is 11.5. The van der Waals surface area contributed by atoms with Crippen LogP contribution in [0.25, 0.3) is 0 Å². The van der Waals surface area contributed by atoms with Crippen molar-refractivity contribution < 1.29 is 8.42 Å². The van der Waals surface area contributed by atoms with Gasteiger partial charge >= 0.3 is 0 Å². The second-order valence-electron chi connectivity index (χ2n) is 6.12. The fourth-order valence-corrected chi connectivity index (χ4v) is 3.31. The van der Waals surface area contributed by atoms with Crippen LogP contribution in [0.3, 0.4) is 0 Å². The van der Waals surface area contributed by atoms with E-state index in [1.165, 1.54) is 55.7 Å². The number of rotatable bonds is 14. The Morgan fingerprint density at radius 2 is 1.19 bits per heavy atom. The lowest BCUT2D eigenvalue weighted by atomic mass is 10.0. The van der Waals surface area contributed by atoms with E-state index in [-0.39, 0.29) is 6.04 Å². The lowest BCUT2D eigenvalue weighted by molar-refractivity contribution is 0.313. The summed E-state index contributed by atoms with van der Waals surface area (Å²) in [6, 6.07) is 0.0725. The summed E-state index contributed by atoms with van der Waals surface area (Å²) in [6.07, 6.45) is 14.0. The Bertz CT molecular complexity index is 317. The van der Waals surface area contributed by atoms with E-state index >= 15 is 0 Å². The van der Waals surface area contributed by atoms with Gasteiger partial charge in [0.2, 0.25) is 0 Å². The summed E-state index contributed by atoms with van der Waals surface area (Å²) in [6.45, 7) is 4.40. The summed E-state index contributed by atoms with van der Waals surface area (Å²) >= 11 is 0. The third-order valence-electron chi connectivity index (χ3n) is 4.20. The molecule has 4 nitrogen and oxygen atoms in total. The largest absolute Gasteiger partial charge is 0.276 e. The minimum absolute atomic E-state index is 0.0725. The van der Waals surface area contributed by atoms with E-state index in [1.807, 2.05) is 0 Å². The highest BCUT2D eigenvalue weighted by molar-refractivity contribution is 7.86. The predicted molar refractivity (Wildman–Crippen MR) is 91.4 cm³/mol. The monoisotopic (exact) mass is 320 g/mol. The second-order valence-corrected chi connectivity index (χ2v) is 7.73. The van der Waals surface area contributed by atoms with Crippen molar-refractivity contribution in [1.82, 2.24) is 4.31 Å². The van der Waals surface area contributed by atoms with Gasteiger partial charge in [0.25, 0.3) is 10.2 Å². The standard InChI is InChI=1S/C16H36N2O2S/c1-4-6-8-10-12-14-16(18(3)21(17,19)20)15-13-11-9-7-5-2/h16H,4-15H2,1-3H3,(H2,17,19,20). The second kappa shape index (κ2) is 12.4. The van der Waals surface area contributed by atoms with E-state index in [2.05, 4.69) is 13.8 Å². The fraction of sp³-hybridized carbons (Fsp3) is 1.00. The van der Waals surface area contributed by atoms with Crippen molar-refractivity contribution in [1.29, 1.82) is 0 Å². The highest BCUT2D eigenvalue weighted by Crippen LogP contribution is 2.18. The molecule has 2 N–H and O–H groups in total. The number of unbranched alkanes of at least 4 members (excludes halogenated alkanes) is 8. The van der Waals surface area contributed by atoms with E-state index in [0.29, 0.717) is 0 Å². The number of hydrogen-bond acceptors (Lipinski definition) is 2. The minimum atomic E-state index is -3.56. The van der Waals surface area contributed by atoms with Crippen LogP contribution >= 0.6 is 0 Å². The molecule has 0 aliphatic heterocycles. The van der Waals surface area contributed by atoms with Crippen molar-refractivity contribution in [2.45, 2.75) is 96.9 Å². The third-order valence-corrected chi connectivity index (χ3v) is 5.30. The van der Waals surface area contributed by atoms with Gasteiger partial charge in [0.1, 0.15) is 0 Å². The van der Waals surface area contributed by atoms with Crippen molar-refractivity contribution in [3.05, 3.63) is 0 Å². The quantitative estimate of drug-likeness (QED) is 0.487. The van der Waals surface area contributed by atoms with Crippen LogP contribution in [0.5, 0.6) is 0 Å². The first-order valence-corrected chi connectivity index (χ1v) is 10.2. The SMILES string of the molecule is CCCCCCCC(CCCCCCC)N(C)S(N)(=O)=O. The molecule has 0 amide bonds. The predicted octanol–water partition coefficient (Wildman–Crippen LogP) is 4.21. The average Bonchev–Trinajstić information content (AvgIpc) is 2.43. The lowest BCUT2D eigenvalue weighted by Crippen LogP contribution is -2.41. The van der Waals surface area contributed by atoms with Crippen LogP contribution in [0.15, 0.2) is 0 Å². The Hall–Kier alpha value is -0.130. The van der Waals surface area contributed by atoms with E-state index in [9.17, 15) is 8.42 Å². The first-order chi connectivity index (χ1) is 9.93. The first kappa shape index (κ1) is 20.9. The molecule has 0 aliphatic rings. The minimum Gasteiger partial charge on any atom is -0.216 e. The van der Waals surface area contributed by atoms with Gasteiger partial charge < -0.3 is 0 Å². The molecule has 21 heavy (non-hydrogen) atoms. The van der Waals surface area contributed by atoms with Gasteiger partial charge in [-0.05, 0) is 12.8 Å². The van der Waals surface area contributed by atoms with Gasteiger partial charge in [-0.3, -0.25) is 0 Å². The summed E-state index contributed by atoms with van der Waals surface area (Å²) in [4.78, 5) is 0. The highest BCUT2D eigenvalue weighted by atomic mass is 32.2. The maximum Gasteiger partial charge on any atom is 0.276 e. The summed E-state index contributed by atoms with van der Waals surface area (Å²) in [5.74, 6) is 0. The van der Waals surface area contributed by atoms with Crippen LogP contribution in [-0.2, 0) is 10.2 Å². The summed E-state index contributed by atoms with van der Waals surface area (Å²) in [7, 11) is -1.94. The average molecular weight is 321 g/mol. The van der Waals surface area contributed by atoms with Crippen LogP contribution in [0.1, 0.15) is 90.9 Å². The molecule has 0 saturated carbocycles. The van der Waals surface area contributed by atoms with Crippen LogP contribution in [0, 0.1) is 0 Å². The molecule has 0 aromatic rings. The molecule has 0 heterocycles. The smallest absolute Gasteiger partial charge is 0.216 e. The Labute approximate surface area is 132 Å². The van der Waals surface area contributed by atoms with Gasteiger partial charge in [-0.25, -0.2) is 5.14 Å². The lowest BCUT2D eigenvalue weighted by Gasteiger charge is -2.25. The Morgan fingerprint density at radius 3 is 1.52 bits per heavy atom. The summed E-state index contributed by atoms with van der Waals surface area (Å²) in [5, 5.41) is 5.28. The van der Waals surface area contributed by atoms with E-state index in [4.69, 9.17) is 5.14 Å². The van der Waals surface area contributed by atoms with Crippen LogP contribution in [0.2, 0.25) is 0 Å².